The van der Waals surface area contributed by atoms with E-state index in [9.17, 15) is 0 Å². The third-order valence-corrected chi connectivity index (χ3v) is 11.7. The van der Waals surface area contributed by atoms with Crippen molar-refractivity contribution >= 4 is 6.08 Å². The van der Waals surface area contributed by atoms with Crippen LogP contribution in [-0.4, -0.2) is 15.0 Å². The summed E-state index contributed by atoms with van der Waals surface area (Å²) in [4.78, 5) is 15.6. The molecule has 1 heterocycles. The van der Waals surface area contributed by atoms with E-state index in [0.29, 0.717) is 17.5 Å². The van der Waals surface area contributed by atoms with Crippen molar-refractivity contribution in [3.63, 3.8) is 0 Å². The van der Waals surface area contributed by atoms with E-state index in [1.54, 1.807) is 13.0 Å². The molecule has 4 heteroatoms. The molecule has 10 rings (SSSR count). The van der Waals surface area contributed by atoms with E-state index in [1.807, 2.05) is 12.1 Å². The van der Waals surface area contributed by atoms with Crippen LogP contribution in [0.2, 0.25) is 0 Å². The smallest absolute Gasteiger partial charge is 0.164 e. The summed E-state index contributed by atoms with van der Waals surface area (Å²) >= 11 is 0. The van der Waals surface area contributed by atoms with E-state index in [1.165, 1.54) is 0 Å². The van der Waals surface area contributed by atoms with Crippen molar-refractivity contribution < 1.29 is 4.39 Å². The van der Waals surface area contributed by atoms with E-state index in [-0.39, 0.29) is 5.83 Å². The first-order valence-electron chi connectivity index (χ1n) is 20.2. The molecule has 3 nitrogen and oxygen atoms in total. The summed E-state index contributed by atoms with van der Waals surface area (Å²) in [6.07, 6.45) is 6.87. The van der Waals surface area contributed by atoms with Gasteiger partial charge in [-0.15, -0.1) is 0 Å². The minimum absolute atomic E-state index is 0.224. The number of hydrogen-bond donors (Lipinski definition) is 0. The van der Waals surface area contributed by atoms with E-state index in [0.717, 1.165) is 89.9 Å². The molecule has 0 radical (unpaired) electrons. The van der Waals surface area contributed by atoms with Crippen LogP contribution in [0.1, 0.15) is 42.5 Å². The molecule has 0 aliphatic heterocycles. The van der Waals surface area contributed by atoms with Gasteiger partial charge in [-0.25, -0.2) is 19.3 Å². The van der Waals surface area contributed by atoms with Gasteiger partial charge in [0.25, 0.3) is 0 Å². The van der Waals surface area contributed by atoms with Gasteiger partial charge in [-0.3, -0.25) is 0 Å². The maximum Gasteiger partial charge on any atom is 0.164 e. The third kappa shape index (κ3) is 6.25. The molecule has 0 bridgehead atoms. The number of benzene rings is 7. The van der Waals surface area contributed by atoms with Crippen molar-refractivity contribution in [2.45, 2.75) is 25.7 Å². The minimum atomic E-state index is -0.742. The predicted octanol–water partition coefficient (Wildman–Crippen LogP) is 14.1. The first kappa shape index (κ1) is 36.1. The monoisotopic (exact) mass is 761 g/mol. The Hall–Kier alpha value is -7.30. The zero-order chi connectivity index (χ0) is 39.9. The van der Waals surface area contributed by atoms with Gasteiger partial charge in [-0.05, 0) is 104 Å². The molecular weight excluding hydrogens is 722 g/mol. The van der Waals surface area contributed by atoms with E-state index >= 15 is 4.39 Å². The Kier molecular flexibility index (Phi) is 9.10. The van der Waals surface area contributed by atoms with Crippen LogP contribution in [0.15, 0.2) is 205 Å². The number of rotatable bonds is 7. The maximum absolute atomic E-state index is 15.4. The van der Waals surface area contributed by atoms with Gasteiger partial charge in [0.15, 0.2) is 17.5 Å². The van der Waals surface area contributed by atoms with Crippen molar-refractivity contribution in [1.29, 1.82) is 0 Å². The fourth-order valence-electron chi connectivity index (χ4n) is 9.06. The molecule has 2 aliphatic rings. The highest BCUT2D eigenvalue weighted by Crippen LogP contribution is 2.59. The van der Waals surface area contributed by atoms with Gasteiger partial charge in [-0.1, -0.05) is 177 Å². The molecule has 0 N–H and O–H groups in total. The number of halogens is 1. The molecule has 8 aromatic rings. The Balaban J connectivity index is 1.20. The van der Waals surface area contributed by atoms with Gasteiger partial charge in [-0.2, -0.15) is 0 Å². The van der Waals surface area contributed by atoms with Gasteiger partial charge in [0.05, 0.1) is 11.2 Å². The minimum Gasteiger partial charge on any atom is -0.212 e. The molecule has 0 saturated carbocycles. The number of nitrogens with zero attached hydrogens (tertiary/aromatic N) is 3. The lowest BCUT2D eigenvalue weighted by atomic mass is 9.65. The Morgan fingerprint density at radius 1 is 0.475 bits per heavy atom. The summed E-state index contributed by atoms with van der Waals surface area (Å²) in [5.74, 6) is 1.54. The average molecular weight is 762 g/mol. The standard InChI is InChI=1S/C55H40FN3/c1-3-37-28-29-40-20-10-12-26-48(40)55(51(37)32-36(2)56)49-27-13-11-25-46(49)47-35-45(30-31-50(47)55)54-58-52(43-23-14-21-41(33-43)38-16-6-4-7-17-38)57-53(59-54)44-24-15-22-42(34-44)39-18-8-5-9-19-39/h4-35H,3H2,1-2H3/b36-32+. The number of hydrogen-bond acceptors (Lipinski definition) is 3. The molecule has 0 fully saturated rings. The van der Waals surface area contributed by atoms with Crippen LogP contribution in [-0.2, 0) is 5.41 Å². The highest BCUT2D eigenvalue weighted by molar-refractivity contribution is 5.91. The van der Waals surface area contributed by atoms with Crippen molar-refractivity contribution in [3.05, 3.63) is 227 Å². The van der Waals surface area contributed by atoms with Crippen molar-refractivity contribution in [3.8, 4) is 67.5 Å². The number of aromatic nitrogens is 3. The van der Waals surface area contributed by atoms with Crippen molar-refractivity contribution in [2.75, 3.05) is 0 Å². The highest BCUT2D eigenvalue weighted by Gasteiger charge is 2.49. The van der Waals surface area contributed by atoms with E-state index < -0.39 is 5.41 Å². The Bertz CT molecular complexity index is 2890. The first-order chi connectivity index (χ1) is 29.0. The van der Waals surface area contributed by atoms with Crippen LogP contribution in [0, 0.1) is 0 Å². The molecule has 59 heavy (non-hydrogen) atoms. The van der Waals surface area contributed by atoms with Gasteiger partial charge in [0.1, 0.15) is 0 Å². The molecule has 2 aliphatic carbocycles. The number of fused-ring (bicyclic) bond motifs is 7. The fraction of sp³-hybridized carbons (Fsp3) is 0.0727. The zero-order valence-electron chi connectivity index (χ0n) is 32.9. The van der Waals surface area contributed by atoms with Gasteiger partial charge in [0, 0.05) is 16.7 Å². The molecule has 0 saturated heterocycles. The SMILES string of the molecule is CCC1=C(/C=C(\C)F)C2(c3ccccc3C=C1)c1ccccc1-c1cc(-c3nc(-c4cccc(-c5ccccc5)c4)nc(-c4cccc(-c5ccccc5)c4)n3)ccc12. The second kappa shape index (κ2) is 14.9. The second-order valence-corrected chi connectivity index (χ2v) is 15.2. The lowest BCUT2D eigenvalue weighted by Crippen LogP contribution is -2.30. The quantitative estimate of drug-likeness (QED) is 0.162. The van der Waals surface area contributed by atoms with Crippen molar-refractivity contribution in [2.24, 2.45) is 0 Å². The highest BCUT2D eigenvalue weighted by atomic mass is 19.1. The lowest BCUT2D eigenvalue weighted by molar-refractivity contribution is 0.632. The molecule has 1 unspecified atom stereocenters. The average Bonchev–Trinajstić information content (AvgIpc) is 3.51. The number of allylic oxidation sites excluding steroid dienone is 5. The normalized spacial score (nSPS) is 15.5. The first-order valence-corrected chi connectivity index (χ1v) is 20.2. The summed E-state index contributed by atoms with van der Waals surface area (Å²) in [6, 6.07) is 61.2. The summed E-state index contributed by atoms with van der Waals surface area (Å²) in [6.45, 7) is 3.69. The summed E-state index contributed by atoms with van der Waals surface area (Å²) in [7, 11) is 0. The van der Waals surface area contributed by atoms with Crippen LogP contribution in [0.5, 0.6) is 0 Å². The second-order valence-electron chi connectivity index (χ2n) is 15.2. The topological polar surface area (TPSA) is 38.7 Å². The molecule has 1 aromatic heterocycles. The van der Waals surface area contributed by atoms with Gasteiger partial charge >= 0.3 is 0 Å². The van der Waals surface area contributed by atoms with Crippen LogP contribution in [0.4, 0.5) is 4.39 Å². The zero-order valence-corrected chi connectivity index (χ0v) is 32.9. The van der Waals surface area contributed by atoms with Crippen molar-refractivity contribution in [1.82, 2.24) is 15.0 Å². The Labute approximate surface area is 344 Å². The largest absolute Gasteiger partial charge is 0.212 e. The van der Waals surface area contributed by atoms with E-state index in [2.05, 4.69) is 183 Å². The van der Waals surface area contributed by atoms with Gasteiger partial charge < -0.3 is 0 Å². The summed E-state index contributed by atoms with van der Waals surface area (Å²) < 4.78 is 15.4. The maximum atomic E-state index is 15.4. The Morgan fingerprint density at radius 2 is 0.966 bits per heavy atom. The molecular formula is C55H40FN3. The lowest BCUT2D eigenvalue weighted by Gasteiger charge is -2.36. The van der Waals surface area contributed by atoms with E-state index in [4.69, 9.17) is 15.0 Å². The predicted molar refractivity (Wildman–Crippen MR) is 240 cm³/mol. The fourth-order valence-corrected chi connectivity index (χ4v) is 9.06. The molecule has 282 valence electrons. The molecule has 0 amide bonds. The molecule has 7 aromatic carbocycles. The third-order valence-electron chi connectivity index (χ3n) is 11.7. The molecule has 1 atom stereocenters. The molecule has 1 spiro atoms. The summed E-state index contributed by atoms with van der Waals surface area (Å²) in [5.41, 5.74) is 15.1. The van der Waals surface area contributed by atoms with Crippen LogP contribution in [0.25, 0.3) is 73.6 Å². The summed E-state index contributed by atoms with van der Waals surface area (Å²) in [5, 5.41) is 0. The van der Waals surface area contributed by atoms with Crippen LogP contribution in [0.3, 0.4) is 0 Å². The van der Waals surface area contributed by atoms with Crippen LogP contribution >= 0.6 is 0 Å². The van der Waals surface area contributed by atoms with Gasteiger partial charge in [0.2, 0.25) is 0 Å². The van der Waals surface area contributed by atoms with Crippen LogP contribution < -0.4 is 0 Å². The Morgan fingerprint density at radius 3 is 1.56 bits per heavy atom.